The summed E-state index contributed by atoms with van der Waals surface area (Å²) in [7, 11) is -2.31. The number of nitrogens with two attached hydrogens (primary N) is 1. The van der Waals surface area contributed by atoms with Gasteiger partial charge in [0.05, 0.1) is 12.9 Å². The van der Waals surface area contributed by atoms with Crippen LogP contribution < -0.4 is 16.1 Å². The standard InChI is InChI=1S/C33H38ClN5OSi/c1-33(2,3)41(27-15-9-5-10-16-27,28-17-11-6-12-18-28)23-26(22-40-21-25-13-7-4-8-14-25)19-20-39-24-36-29-30(34)37-32(35)38-31(29)39/h4-18,24,26H,19-23H2,1-3H3,(H2,35,37,38)/t26-/m1/s1. The molecule has 212 valence electrons. The van der Waals surface area contributed by atoms with Crippen molar-refractivity contribution in [3.8, 4) is 0 Å². The van der Waals surface area contributed by atoms with Gasteiger partial charge in [-0.25, -0.2) is 4.98 Å². The van der Waals surface area contributed by atoms with Crippen molar-refractivity contribution in [1.82, 2.24) is 19.5 Å². The van der Waals surface area contributed by atoms with Gasteiger partial charge in [-0.15, -0.1) is 0 Å². The number of anilines is 1. The first-order valence-corrected chi connectivity index (χ1v) is 16.7. The Morgan fingerprint density at radius 3 is 2.05 bits per heavy atom. The topological polar surface area (TPSA) is 78.9 Å². The molecule has 8 heteroatoms. The van der Waals surface area contributed by atoms with Crippen molar-refractivity contribution < 1.29 is 4.74 Å². The number of ether oxygens (including phenoxy) is 1. The minimum atomic E-state index is -2.31. The molecule has 0 unspecified atom stereocenters. The first-order chi connectivity index (χ1) is 19.8. The third-order valence-corrected chi connectivity index (χ3v) is 14.7. The van der Waals surface area contributed by atoms with Crippen LogP contribution in [0.25, 0.3) is 11.2 Å². The quantitative estimate of drug-likeness (QED) is 0.145. The number of hydrogen-bond acceptors (Lipinski definition) is 5. The number of benzene rings is 3. The summed E-state index contributed by atoms with van der Waals surface area (Å²) in [6.07, 6.45) is 2.68. The van der Waals surface area contributed by atoms with Crippen LogP contribution in [-0.2, 0) is 17.9 Å². The minimum Gasteiger partial charge on any atom is -0.376 e. The summed E-state index contributed by atoms with van der Waals surface area (Å²) in [5.74, 6) is 0.441. The van der Waals surface area contributed by atoms with Crippen LogP contribution in [0.15, 0.2) is 97.3 Å². The number of aryl methyl sites for hydroxylation is 1. The molecule has 3 aromatic carbocycles. The van der Waals surface area contributed by atoms with Crippen LogP contribution in [0.1, 0.15) is 32.8 Å². The van der Waals surface area contributed by atoms with Crippen molar-refractivity contribution in [1.29, 1.82) is 0 Å². The lowest BCUT2D eigenvalue weighted by molar-refractivity contribution is 0.0877. The van der Waals surface area contributed by atoms with E-state index in [0.717, 1.165) is 19.0 Å². The Morgan fingerprint density at radius 2 is 1.46 bits per heavy atom. The second-order valence-corrected chi connectivity index (χ2v) is 17.0. The smallest absolute Gasteiger partial charge is 0.223 e. The summed E-state index contributed by atoms with van der Waals surface area (Å²) >= 11 is 6.32. The molecule has 2 aromatic heterocycles. The van der Waals surface area contributed by atoms with Crippen LogP contribution in [0.4, 0.5) is 5.95 Å². The maximum absolute atomic E-state index is 6.44. The van der Waals surface area contributed by atoms with Gasteiger partial charge in [0.2, 0.25) is 5.95 Å². The fraction of sp³-hybridized carbons (Fsp3) is 0.303. The van der Waals surface area contributed by atoms with Crippen LogP contribution in [0.5, 0.6) is 0 Å². The average molecular weight is 584 g/mol. The molecule has 2 heterocycles. The van der Waals surface area contributed by atoms with E-state index in [2.05, 4.69) is 121 Å². The molecule has 41 heavy (non-hydrogen) atoms. The molecular formula is C33H38ClN5OSi. The monoisotopic (exact) mass is 583 g/mol. The zero-order valence-electron chi connectivity index (χ0n) is 24.0. The van der Waals surface area contributed by atoms with E-state index < -0.39 is 8.07 Å². The Hall–Kier alpha value is -3.52. The molecule has 0 fully saturated rings. The first-order valence-electron chi connectivity index (χ1n) is 14.1. The van der Waals surface area contributed by atoms with Gasteiger partial charge in [0, 0.05) is 13.2 Å². The number of imidazole rings is 1. The highest BCUT2D eigenvalue weighted by Gasteiger charge is 2.48. The van der Waals surface area contributed by atoms with E-state index in [1.165, 1.54) is 15.9 Å². The van der Waals surface area contributed by atoms with Crippen LogP contribution in [0.2, 0.25) is 16.2 Å². The number of fused-ring (bicyclic) bond motifs is 1. The Bertz CT molecular complexity index is 1520. The number of nitrogens with zero attached hydrogens (tertiary/aromatic N) is 4. The van der Waals surface area contributed by atoms with E-state index in [1.807, 2.05) is 10.6 Å². The summed E-state index contributed by atoms with van der Waals surface area (Å²) in [6, 6.07) is 33.7. The van der Waals surface area contributed by atoms with Crippen molar-refractivity contribution in [2.45, 2.75) is 51.4 Å². The molecule has 6 nitrogen and oxygen atoms in total. The maximum Gasteiger partial charge on any atom is 0.223 e. The van der Waals surface area contributed by atoms with Gasteiger partial charge in [-0.3, -0.25) is 0 Å². The van der Waals surface area contributed by atoms with Crippen molar-refractivity contribution >= 4 is 47.2 Å². The lowest BCUT2D eigenvalue weighted by Crippen LogP contribution is -2.65. The van der Waals surface area contributed by atoms with Gasteiger partial charge >= 0.3 is 0 Å². The van der Waals surface area contributed by atoms with Crippen molar-refractivity contribution in [3.05, 3.63) is 108 Å². The van der Waals surface area contributed by atoms with E-state index in [1.54, 1.807) is 6.33 Å². The summed E-state index contributed by atoms with van der Waals surface area (Å²) in [5, 5.41) is 3.24. The molecular weight excluding hydrogens is 546 g/mol. The predicted molar refractivity (Wildman–Crippen MR) is 171 cm³/mol. The van der Waals surface area contributed by atoms with Crippen molar-refractivity contribution in [2.75, 3.05) is 12.3 Å². The van der Waals surface area contributed by atoms with Crippen LogP contribution in [0.3, 0.4) is 0 Å². The van der Waals surface area contributed by atoms with Gasteiger partial charge in [-0.2, -0.15) is 9.97 Å². The molecule has 5 aromatic rings. The minimum absolute atomic E-state index is 0.0598. The van der Waals surface area contributed by atoms with Crippen LogP contribution in [0, 0.1) is 5.92 Å². The Labute approximate surface area is 248 Å². The zero-order chi connectivity index (χ0) is 28.9. The van der Waals surface area contributed by atoms with Crippen LogP contribution in [-0.4, -0.2) is 34.2 Å². The third-order valence-electron chi connectivity index (χ3n) is 8.09. The first kappa shape index (κ1) is 29.0. The molecule has 0 bridgehead atoms. The fourth-order valence-corrected chi connectivity index (χ4v) is 12.1. The van der Waals surface area contributed by atoms with Crippen molar-refractivity contribution in [2.24, 2.45) is 5.92 Å². The summed E-state index contributed by atoms with van der Waals surface area (Å²) < 4.78 is 8.47. The zero-order valence-corrected chi connectivity index (χ0v) is 25.8. The second-order valence-electron chi connectivity index (χ2n) is 11.7. The van der Waals surface area contributed by atoms with Gasteiger partial charge in [0.15, 0.2) is 10.8 Å². The Kier molecular flexibility index (Phi) is 8.87. The molecule has 0 aliphatic rings. The number of halogens is 1. The molecule has 0 spiro atoms. The highest BCUT2D eigenvalue weighted by Crippen LogP contribution is 2.41. The summed E-state index contributed by atoms with van der Waals surface area (Å²) in [5.41, 5.74) is 8.34. The molecule has 0 saturated carbocycles. The lowest BCUT2D eigenvalue weighted by Gasteiger charge is -2.46. The Balaban J connectivity index is 1.50. The van der Waals surface area contributed by atoms with E-state index >= 15 is 0 Å². The molecule has 0 saturated heterocycles. The highest BCUT2D eigenvalue weighted by molar-refractivity contribution is 7.04. The molecule has 5 rings (SSSR count). The van der Waals surface area contributed by atoms with Gasteiger partial charge in [0.25, 0.3) is 0 Å². The van der Waals surface area contributed by atoms with Gasteiger partial charge in [0.1, 0.15) is 13.6 Å². The van der Waals surface area contributed by atoms with E-state index in [0.29, 0.717) is 24.4 Å². The molecule has 0 amide bonds. The van der Waals surface area contributed by atoms with Crippen LogP contribution >= 0.6 is 11.6 Å². The third kappa shape index (κ3) is 6.37. The lowest BCUT2D eigenvalue weighted by atomic mass is 10.1. The molecule has 2 N–H and O–H groups in total. The van der Waals surface area contributed by atoms with Gasteiger partial charge in [-0.1, -0.05) is 134 Å². The summed E-state index contributed by atoms with van der Waals surface area (Å²) in [4.78, 5) is 13.0. The van der Waals surface area contributed by atoms with Crippen molar-refractivity contribution in [3.63, 3.8) is 0 Å². The van der Waals surface area contributed by atoms with Gasteiger partial charge in [-0.05, 0) is 29.0 Å². The Morgan fingerprint density at radius 1 is 0.878 bits per heavy atom. The SMILES string of the molecule is CC(C)(C)[Si](C[C@H](CCn1cnc2c(Cl)nc(N)nc21)COCc1ccccc1)(c1ccccc1)c1ccccc1. The largest absolute Gasteiger partial charge is 0.376 e. The fourth-order valence-electron chi connectivity index (χ4n) is 6.03. The number of aromatic nitrogens is 4. The number of nitrogen functional groups attached to an aromatic ring is 1. The second kappa shape index (κ2) is 12.6. The molecule has 1 atom stereocenters. The molecule has 0 radical (unpaired) electrons. The van der Waals surface area contributed by atoms with E-state index in [-0.39, 0.29) is 22.1 Å². The normalized spacial score (nSPS) is 13.0. The number of rotatable bonds is 11. The maximum atomic E-state index is 6.44. The predicted octanol–water partition coefficient (Wildman–Crippen LogP) is 6.35. The molecule has 0 aliphatic carbocycles. The number of hydrogen-bond donors (Lipinski definition) is 1. The molecule has 0 aliphatic heterocycles. The van der Waals surface area contributed by atoms with Gasteiger partial charge < -0.3 is 15.0 Å². The average Bonchev–Trinajstić information content (AvgIpc) is 3.38. The highest BCUT2D eigenvalue weighted by atomic mass is 35.5. The van der Waals surface area contributed by atoms with E-state index in [9.17, 15) is 0 Å². The summed E-state index contributed by atoms with van der Waals surface area (Å²) in [6.45, 7) is 9.20. The van der Waals surface area contributed by atoms with E-state index in [4.69, 9.17) is 22.1 Å².